The molecule has 1 aromatic heterocycles. The third kappa shape index (κ3) is 5.79. The van der Waals surface area contributed by atoms with Crippen molar-refractivity contribution in [2.75, 3.05) is 13.6 Å². The number of nitrogens with zero attached hydrogens (tertiary/aromatic N) is 2. The lowest BCUT2D eigenvalue weighted by Crippen LogP contribution is -2.33. The molecule has 2 atom stereocenters. The van der Waals surface area contributed by atoms with Gasteiger partial charge in [0, 0.05) is 36.6 Å². The molecule has 0 bridgehead atoms. The Morgan fingerprint density at radius 1 is 1.13 bits per heavy atom. The van der Waals surface area contributed by atoms with Gasteiger partial charge in [0.05, 0.1) is 17.1 Å². The molecule has 6 heteroatoms. The SMILES string of the molecule is Cc1nc(-c2ccc(CC(=O)N(C)CCCC3CC(c4ccccc4)NN3)cc2)cs1. The molecule has 2 aromatic carbocycles. The van der Waals surface area contributed by atoms with Gasteiger partial charge in [-0.2, -0.15) is 0 Å². The Hall–Kier alpha value is -2.54. The van der Waals surface area contributed by atoms with Crippen LogP contribution in [0, 0.1) is 6.92 Å². The molecule has 0 spiro atoms. The van der Waals surface area contributed by atoms with Crippen LogP contribution in [-0.2, 0) is 11.2 Å². The van der Waals surface area contributed by atoms with Crippen LogP contribution in [0.5, 0.6) is 0 Å². The van der Waals surface area contributed by atoms with E-state index in [9.17, 15) is 4.79 Å². The monoisotopic (exact) mass is 434 g/mol. The molecule has 1 fully saturated rings. The van der Waals surface area contributed by atoms with Crippen LogP contribution in [0.1, 0.15) is 41.4 Å². The Morgan fingerprint density at radius 3 is 2.61 bits per heavy atom. The number of aromatic nitrogens is 1. The minimum Gasteiger partial charge on any atom is -0.345 e. The molecule has 2 N–H and O–H groups in total. The molecule has 0 saturated carbocycles. The number of likely N-dealkylation sites (N-methyl/N-ethyl adjacent to an activating group) is 1. The lowest BCUT2D eigenvalue weighted by Gasteiger charge is -2.18. The first-order valence-electron chi connectivity index (χ1n) is 10.9. The molecule has 0 aliphatic carbocycles. The molecule has 1 amide bonds. The quantitative estimate of drug-likeness (QED) is 0.548. The molecule has 31 heavy (non-hydrogen) atoms. The third-order valence-corrected chi connectivity index (χ3v) is 6.65. The van der Waals surface area contributed by atoms with E-state index in [-0.39, 0.29) is 5.91 Å². The van der Waals surface area contributed by atoms with Gasteiger partial charge >= 0.3 is 0 Å². The van der Waals surface area contributed by atoms with E-state index in [0.717, 1.165) is 47.6 Å². The molecule has 4 rings (SSSR count). The molecular weight excluding hydrogens is 404 g/mol. The van der Waals surface area contributed by atoms with Gasteiger partial charge in [-0.3, -0.25) is 15.6 Å². The number of hydrogen-bond donors (Lipinski definition) is 2. The second-order valence-corrected chi connectivity index (χ2v) is 9.33. The predicted octanol–water partition coefficient (Wildman–Crippen LogP) is 4.51. The van der Waals surface area contributed by atoms with E-state index in [2.05, 4.69) is 57.6 Å². The summed E-state index contributed by atoms with van der Waals surface area (Å²) in [5, 5.41) is 3.13. The zero-order valence-electron chi connectivity index (χ0n) is 18.2. The van der Waals surface area contributed by atoms with Crippen molar-refractivity contribution < 1.29 is 4.79 Å². The summed E-state index contributed by atoms with van der Waals surface area (Å²) in [5.41, 5.74) is 11.3. The van der Waals surface area contributed by atoms with Gasteiger partial charge in [0.25, 0.3) is 0 Å². The van der Waals surface area contributed by atoms with Crippen molar-refractivity contribution in [3.05, 3.63) is 76.1 Å². The Bertz CT molecular complexity index is 986. The first kappa shape index (κ1) is 21.7. The van der Waals surface area contributed by atoms with Crippen LogP contribution in [0.15, 0.2) is 60.0 Å². The lowest BCUT2D eigenvalue weighted by atomic mass is 10.00. The maximum Gasteiger partial charge on any atom is 0.226 e. The molecule has 2 unspecified atom stereocenters. The van der Waals surface area contributed by atoms with E-state index in [0.29, 0.717) is 18.5 Å². The highest BCUT2D eigenvalue weighted by Gasteiger charge is 2.24. The van der Waals surface area contributed by atoms with Crippen LogP contribution in [0.2, 0.25) is 0 Å². The number of thiazole rings is 1. The summed E-state index contributed by atoms with van der Waals surface area (Å²) in [7, 11) is 1.90. The number of carbonyl (C=O) groups is 1. The maximum absolute atomic E-state index is 12.6. The first-order chi connectivity index (χ1) is 15.1. The number of hydrogen-bond acceptors (Lipinski definition) is 5. The van der Waals surface area contributed by atoms with Crippen LogP contribution >= 0.6 is 11.3 Å². The van der Waals surface area contributed by atoms with Crippen LogP contribution in [0.25, 0.3) is 11.3 Å². The van der Waals surface area contributed by atoms with Crippen molar-refractivity contribution >= 4 is 17.2 Å². The van der Waals surface area contributed by atoms with E-state index in [1.807, 2.05) is 37.1 Å². The average Bonchev–Trinajstić information content (AvgIpc) is 3.44. The number of amides is 1. The topological polar surface area (TPSA) is 57.3 Å². The molecule has 1 saturated heterocycles. The fourth-order valence-corrected chi connectivity index (χ4v) is 4.64. The van der Waals surface area contributed by atoms with Gasteiger partial charge < -0.3 is 4.90 Å². The molecular formula is C25H30N4OS. The highest BCUT2D eigenvalue weighted by atomic mass is 32.1. The molecule has 1 aliphatic rings. The minimum atomic E-state index is 0.164. The number of nitrogens with one attached hydrogen (secondary N) is 2. The van der Waals surface area contributed by atoms with Gasteiger partial charge in [0.15, 0.2) is 0 Å². The average molecular weight is 435 g/mol. The van der Waals surface area contributed by atoms with Gasteiger partial charge in [0.1, 0.15) is 0 Å². The number of benzene rings is 2. The Kier molecular flexibility index (Phi) is 7.12. The highest BCUT2D eigenvalue weighted by molar-refractivity contribution is 7.09. The first-order valence-corrected chi connectivity index (χ1v) is 11.8. The number of carbonyl (C=O) groups excluding carboxylic acids is 1. The van der Waals surface area contributed by atoms with Gasteiger partial charge in [-0.1, -0.05) is 54.6 Å². The van der Waals surface area contributed by atoms with Gasteiger partial charge in [-0.25, -0.2) is 4.98 Å². The normalized spacial score (nSPS) is 18.3. The smallest absolute Gasteiger partial charge is 0.226 e. The zero-order chi connectivity index (χ0) is 21.6. The number of aryl methyl sites for hydroxylation is 1. The van der Waals surface area contributed by atoms with E-state index in [1.165, 1.54) is 5.56 Å². The largest absolute Gasteiger partial charge is 0.345 e. The molecule has 162 valence electrons. The second kappa shape index (κ2) is 10.2. The van der Waals surface area contributed by atoms with Gasteiger partial charge in [-0.15, -0.1) is 11.3 Å². The molecule has 3 aromatic rings. The van der Waals surface area contributed by atoms with Crippen LogP contribution in [0.3, 0.4) is 0 Å². The summed E-state index contributed by atoms with van der Waals surface area (Å²) < 4.78 is 0. The number of rotatable bonds is 8. The van der Waals surface area contributed by atoms with Crippen molar-refractivity contribution in [2.45, 2.75) is 44.7 Å². The van der Waals surface area contributed by atoms with Crippen molar-refractivity contribution in [2.24, 2.45) is 0 Å². The summed E-state index contributed by atoms with van der Waals surface area (Å²) >= 11 is 1.65. The minimum absolute atomic E-state index is 0.164. The Balaban J connectivity index is 1.19. The van der Waals surface area contributed by atoms with Gasteiger partial charge in [-0.05, 0) is 37.3 Å². The summed E-state index contributed by atoms with van der Waals surface area (Å²) in [6.07, 6.45) is 3.56. The summed E-state index contributed by atoms with van der Waals surface area (Å²) in [5.74, 6) is 0.164. The Morgan fingerprint density at radius 2 is 1.90 bits per heavy atom. The predicted molar refractivity (Wildman–Crippen MR) is 127 cm³/mol. The molecule has 5 nitrogen and oxygen atoms in total. The maximum atomic E-state index is 12.6. The van der Waals surface area contributed by atoms with Crippen molar-refractivity contribution in [1.29, 1.82) is 0 Å². The zero-order valence-corrected chi connectivity index (χ0v) is 19.0. The summed E-state index contributed by atoms with van der Waals surface area (Å²) in [6, 6.07) is 19.5. The molecule has 2 heterocycles. The van der Waals surface area contributed by atoms with Gasteiger partial charge in [0.2, 0.25) is 5.91 Å². The Labute approximate surface area is 188 Å². The van der Waals surface area contributed by atoms with E-state index in [4.69, 9.17) is 0 Å². The second-order valence-electron chi connectivity index (χ2n) is 8.27. The fraction of sp³-hybridized carbons (Fsp3) is 0.360. The molecule has 0 radical (unpaired) electrons. The van der Waals surface area contributed by atoms with Crippen LogP contribution in [-0.4, -0.2) is 35.4 Å². The van der Waals surface area contributed by atoms with Crippen LogP contribution < -0.4 is 10.9 Å². The lowest BCUT2D eigenvalue weighted by molar-refractivity contribution is -0.129. The third-order valence-electron chi connectivity index (χ3n) is 5.88. The fourth-order valence-electron chi connectivity index (χ4n) is 4.01. The van der Waals surface area contributed by atoms with E-state index >= 15 is 0 Å². The van der Waals surface area contributed by atoms with E-state index in [1.54, 1.807) is 11.3 Å². The highest BCUT2D eigenvalue weighted by Crippen LogP contribution is 2.24. The van der Waals surface area contributed by atoms with E-state index < -0.39 is 0 Å². The van der Waals surface area contributed by atoms with Crippen molar-refractivity contribution in [1.82, 2.24) is 20.7 Å². The van der Waals surface area contributed by atoms with Crippen molar-refractivity contribution in [3.63, 3.8) is 0 Å². The van der Waals surface area contributed by atoms with Crippen molar-refractivity contribution in [3.8, 4) is 11.3 Å². The standard InChI is InChI=1S/C25H30N4OS/c1-18-26-24(17-31-18)21-12-10-19(11-13-21)15-25(30)29(2)14-6-9-22-16-23(28-27-22)20-7-4-3-5-8-20/h3-5,7-8,10-13,17,22-23,27-28H,6,9,14-16H2,1-2H3. The number of hydrazine groups is 1. The summed E-state index contributed by atoms with van der Waals surface area (Å²) in [6.45, 7) is 2.79. The van der Waals surface area contributed by atoms with Crippen LogP contribution in [0.4, 0.5) is 0 Å². The summed E-state index contributed by atoms with van der Waals surface area (Å²) in [4.78, 5) is 19.0. The molecule has 1 aliphatic heterocycles.